The van der Waals surface area contributed by atoms with Crippen molar-refractivity contribution in [1.82, 2.24) is 10.6 Å². The van der Waals surface area contributed by atoms with E-state index in [-0.39, 0.29) is 18.0 Å². The number of amides is 3. The summed E-state index contributed by atoms with van der Waals surface area (Å²) in [5.41, 5.74) is 3.29. The number of rotatable bonds is 6. The van der Waals surface area contributed by atoms with Crippen molar-refractivity contribution < 1.29 is 9.59 Å². The molecule has 3 amide bonds. The van der Waals surface area contributed by atoms with Crippen molar-refractivity contribution >= 4 is 17.6 Å². The first-order chi connectivity index (χ1) is 13.1. The molecule has 3 N–H and O–H groups in total. The average Bonchev–Trinajstić information content (AvgIpc) is 3.57. The molecule has 2 fully saturated rings. The second-order valence-corrected chi connectivity index (χ2v) is 7.60. The van der Waals surface area contributed by atoms with Gasteiger partial charge >= 0.3 is 6.03 Å². The molecule has 0 aliphatic heterocycles. The van der Waals surface area contributed by atoms with E-state index in [0.717, 1.165) is 36.8 Å². The molecule has 0 bridgehead atoms. The standard InChI is InChI=1S/C22H25N3O2/c1-14-7-8-17(21(26)23-18-11-12-18)13-19(14)24-22(27)25-20(16-9-10-16)15-5-3-2-4-6-15/h2-8,13,16,18,20H,9-12H2,1H3,(H,23,26)(H2,24,25,27). The van der Waals surface area contributed by atoms with Gasteiger partial charge in [0.2, 0.25) is 0 Å². The Hall–Kier alpha value is -2.82. The van der Waals surface area contributed by atoms with E-state index in [9.17, 15) is 9.59 Å². The normalized spacial score (nSPS) is 17.1. The van der Waals surface area contributed by atoms with Crippen molar-refractivity contribution in [3.8, 4) is 0 Å². The van der Waals surface area contributed by atoms with Crippen LogP contribution in [0.1, 0.15) is 53.2 Å². The first-order valence-corrected chi connectivity index (χ1v) is 9.64. The molecular weight excluding hydrogens is 338 g/mol. The zero-order valence-corrected chi connectivity index (χ0v) is 15.5. The van der Waals surface area contributed by atoms with Crippen LogP contribution in [-0.2, 0) is 0 Å². The van der Waals surface area contributed by atoms with E-state index in [4.69, 9.17) is 0 Å². The zero-order chi connectivity index (χ0) is 18.8. The van der Waals surface area contributed by atoms with Crippen molar-refractivity contribution in [3.63, 3.8) is 0 Å². The number of hydrogen-bond acceptors (Lipinski definition) is 2. The monoisotopic (exact) mass is 363 g/mol. The van der Waals surface area contributed by atoms with Gasteiger partial charge in [0.15, 0.2) is 0 Å². The fraction of sp³-hybridized carbons (Fsp3) is 0.364. The smallest absolute Gasteiger partial charge is 0.319 e. The van der Waals surface area contributed by atoms with Crippen LogP contribution in [-0.4, -0.2) is 18.0 Å². The predicted octanol–water partition coefficient (Wildman–Crippen LogP) is 4.16. The highest BCUT2D eigenvalue weighted by molar-refractivity contribution is 5.97. The van der Waals surface area contributed by atoms with Crippen molar-refractivity contribution in [3.05, 3.63) is 65.2 Å². The molecule has 2 aromatic rings. The Morgan fingerprint density at radius 1 is 1.00 bits per heavy atom. The fourth-order valence-corrected chi connectivity index (χ4v) is 3.26. The van der Waals surface area contributed by atoms with Crippen LogP contribution in [0.3, 0.4) is 0 Å². The number of benzene rings is 2. The number of nitrogens with one attached hydrogen (secondary N) is 3. The maximum Gasteiger partial charge on any atom is 0.319 e. The van der Waals surface area contributed by atoms with Gasteiger partial charge in [0, 0.05) is 17.3 Å². The molecule has 0 radical (unpaired) electrons. The molecule has 140 valence electrons. The molecule has 2 aromatic carbocycles. The highest BCUT2D eigenvalue weighted by Crippen LogP contribution is 2.41. The zero-order valence-electron chi connectivity index (χ0n) is 15.5. The van der Waals surface area contributed by atoms with Crippen molar-refractivity contribution in [2.24, 2.45) is 5.92 Å². The Bertz CT molecular complexity index is 842. The van der Waals surface area contributed by atoms with Crippen LogP contribution in [0.4, 0.5) is 10.5 Å². The van der Waals surface area contributed by atoms with Crippen LogP contribution >= 0.6 is 0 Å². The third kappa shape index (κ3) is 4.48. The lowest BCUT2D eigenvalue weighted by Crippen LogP contribution is -2.34. The number of anilines is 1. The molecule has 4 rings (SSSR count). The summed E-state index contributed by atoms with van der Waals surface area (Å²) in [5.74, 6) is 0.413. The van der Waals surface area contributed by atoms with Crippen LogP contribution < -0.4 is 16.0 Å². The second kappa shape index (κ2) is 7.43. The SMILES string of the molecule is Cc1ccc(C(=O)NC2CC2)cc1NC(=O)NC(c1ccccc1)C1CC1. The lowest BCUT2D eigenvalue weighted by atomic mass is 10.0. The van der Waals surface area contributed by atoms with E-state index in [1.54, 1.807) is 12.1 Å². The second-order valence-electron chi connectivity index (χ2n) is 7.60. The van der Waals surface area contributed by atoms with Crippen LogP contribution in [0.15, 0.2) is 48.5 Å². The van der Waals surface area contributed by atoms with Gasteiger partial charge in [-0.3, -0.25) is 4.79 Å². The third-order valence-electron chi connectivity index (χ3n) is 5.20. The summed E-state index contributed by atoms with van der Waals surface area (Å²) in [4.78, 5) is 24.9. The summed E-state index contributed by atoms with van der Waals surface area (Å²) < 4.78 is 0. The molecule has 27 heavy (non-hydrogen) atoms. The van der Waals surface area contributed by atoms with Crippen LogP contribution in [0, 0.1) is 12.8 Å². The Morgan fingerprint density at radius 3 is 2.41 bits per heavy atom. The molecule has 2 aliphatic rings. The fourth-order valence-electron chi connectivity index (χ4n) is 3.26. The molecule has 5 nitrogen and oxygen atoms in total. The highest BCUT2D eigenvalue weighted by Gasteiger charge is 2.33. The van der Waals surface area contributed by atoms with Crippen LogP contribution in [0.2, 0.25) is 0 Å². The van der Waals surface area contributed by atoms with Gasteiger partial charge in [-0.15, -0.1) is 0 Å². The summed E-state index contributed by atoms with van der Waals surface area (Å²) >= 11 is 0. The van der Waals surface area contributed by atoms with E-state index >= 15 is 0 Å². The third-order valence-corrected chi connectivity index (χ3v) is 5.20. The number of carbonyl (C=O) groups is 2. The molecule has 0 aromatic heterocycles. The van der Waals surface area contributed by atoms with Gasteiger partial charge < -0.3 is 16.0 Å². The molecule has 0 saturated heterocycles. The van der Waals surface area contributed by atoms with Gasteiger partial charge in [-0.05, 0) is 61.8 Å². The molecule has 2 saturated carbocycles. The molecule has 0 spiro atoms. The van der Waals surface area contributed by atoms with E-state index < -0.39 is 0 Å². The lowest BCUT2D eigenvalue weighted by Gasteiger charge is -2.20. The minimum absolute atomic E-state index is 0.0212. The summed E-state index contributed by atoms with van der Waals surface area (Å²) in [5, 5.41) is 9.02. The van der Waals surface area contributed by atoms with E-state index in [1.807, 2.05) is 31.2 Å². The summed E-state index contributed by atoms with van der Waals surface area (Å²) in [6, 6.07) is 15.6. The van der Waals surface area contributed by atoms with Crippen molar-refractivity contribution in [1.29, 1.82) is 0 Å². The summed E-state index contributed by atoms with van der Waals surface area (Å²) in [6.07, 6.45) is 4.37. The van der Waals surface area contributed by atoms with E-state index in [0.29, 0.717) is 23.2 Å². The average molecular weight is 363 g/mol. The quantitative estimate of drug-likeness (QED) is 0.721. The summed E-state index contributed by atoms with van der Waals surface area (Å²) in [6.45, 7) is 1.92. The molecule has 5 heteroatoms. The largest absolute Gasteiger partial charge is 0.349 e. The Kier molecular flexibility index (Phi) is 4.84. The predicted molar refractivity (Wildman–Crippen MR) is 106 cm³/mol. The Labute approximate surface area is 159 Å². The first-order valence-electron chi connectivity index (χ1n) is 9.64. The highest BCUT2D eigenvalue weighted by atomic mass is 16.2. The van der Waals surface area contributed by atoms with E-state index in [2.05, 4.69) is 28.1 Å². The minimum atomic E-state index is -0.237. The Morgan fingerprint density at radius 2 is 1.74 bits per heavy atom. The Balaban J connectivity index is 1.44. The minimum Gasteiger partial charge on any atom is -0.349 e. The molecular formula is C22H25N3O2. The lowest BCUT2D eigenvalue weighted by molar-refractivity contribution is 0.0951. The van der Waals surface area contributed by atoms with Gasteiger partial charge in [0.05, 0.1) is 6.04 Å². The number of hydrogen-bond donors (Lipinski definition) is 3. The molecule has 2 aliphatic carbocycles. The molecule has 1 unspecified atom stereocenters. The molecule has 0 heterocycles. The van der Waals surface area contributed by atoms with E-state index in [1.165, 1.54) is 0 Å². The van der Waals surface area contributed by atoms with Crippen molar-refractivity contribution in [2.75, 3.05) is 5.32 Å². The van der Waals surface area contributed by atoms with Crippen molar-refractivity contribution in [2.45, 2.75) is 44.7 Å². The number of urea groups is 1. The maximum absolute atomic E-state index is 12.6. The molecule has 1 atom stereocenters. The number of carbonyl (C=O) groups excluding carboxylic acids is 2. The van der Waals surface area contributed by atoms with Gasteiger partial charge in [-0.25, -0.2) is 4.79 Å². The topological polar surface area (TPSA) is 70.2 Å². The van der Waals surface area contributed by atoms with Gasteiger partial charge in [0.1, 0.15) is 0 Å². The van der Waals surface area contributed by atoms with Gasteiger partial charge in [0.25, 0.3) is 5.91 Å². The summed E-state index contributed by atoms with van der Waals surface area (Å²) in [7, 11) is 0. The van der Waals surface area contributed by atoms with Gasteiger partial charge in [-0.1, -0.05) is 36.4 Å². The van der Waals surface area contributed by atoms with Gasteiger partial charge in [-0.2, -0.15) is 0 Å². The first kappa shape index (κ1) is 17.6. The number of aryl methyl sites for hydroxylation is 1. The van der Waals surface area contributed by atoms with Crippen LogP contribution in [0.5, 0.6) is 0 Å². The maximum atomic E-state index is 12.6. The van der Waals surface area contributed by atoms with Crippen LogP contribution in [0.25, 0.3) is 0 Å².